The molecule has 0 fully saturated rings. The predicted molar refractivity (Wildman–Crippen MR) is 111 cm³/mol. The van der Waals surface area contributed by atoms with E-state index in [0.29, 0.717) is 21.5 Å². The molecule has 0 atom stereocenters. The van der Waals surface area contributed by atoms with Crippen LogP contribution >= 0.6 is 11.3 Å². The molecule has 3 aromatic rings. The van der Waals surface area contributed by atoms with Gasteiger partial charge in [-0.1, -0.05) is 18.2 Å². The number of thiophene rings is 1. The first-order valence-corrected chi connectivity index (χ1v) is 9.90. The largest absolute Gasteiger partial charge is 0.462 e. The van der Waals surface area contributed by atoms with Crippen molar-refractivity contribution in [3.05, 3.63) is 62.3 Å². The minimum atomic E-state index is -0.978. The molecule has 1 N–H and O–H groups in total. The van der Waals surface area contributed by atoms with Gasteiger partial charge in [-0.3, -0.25) is 4.79 Å². The van der Waals surface area contributed by atoms with Gasteiger partial charge in [0, 0.05) is 10.3 Å². The van der Waals surface area contributed by atoms with E-state index in [0.717, 1.165) is 4.88 Å². The first-order chi connectivity index (χ1) is 14.3. The highest BCUT2D eigenvalue weighted by Gasteiger charge is 2.23. The Kier molecular flexibility index (Phi) is 6.31. The molecule has 156 valence electrons. The number of fused-ring (bicyclic) bond motifs is 1. The number of para-hydroxylation sites is 1. The zero-order valence-corrected chi connectivity index (χ0v) is 17.4. The van der Waals surface area contributed by atoms with Crippen molar-refractivity contribution in [2.75, 3.05) is 18.5 Å². The van der Waals surface area contributed by atoms with E-state index in [1.54, 1.807) is 38.1 Å². The van der Waals surface area contributed by atoms with E-state index in [1.165, 1.54) is 17.4 Å². The molecule has 0 saturated heterocycles. The highest BCUT2D eigenvalue weighted by molar-refractivity contribution is 7.16. The number of aryl methyl sites for hydroxylation is 1. The van der Waals surface area contributed by atoms with Gasteiger partial charge >= 0.3 is 17.6 Å². The second kappa shape index (κ2) is 8.91. The number of carbonyl (C=O) groups is 3. The summed E-state index contributed by atoms with van der Waals surface area (Å²) in [6.07, 6.45) is 0. The molecule has 0 radical (unpaired) electrons. The van der Waals surface area contributed by atoms with E-state index in [-0.39, 0.29) is 17.7 Å². The Labute approximate surface area is 175 Å². The molecule has 0 spiro atoms. The molecular formula is C21H19NO7S. The van der Waals surface area contributed by atoms with E-state index in [9.17, 15) is 19.2 Å². The number of benzene rings is 1. The van der Waals surface area contributed by atoms with Gasteiger partial charge in [0.15, 0.2) is 6.61 Å². The average molecular weight is 429 g/mol. The van der Waals surface area contributed by atoms with Gasteiger partial charge < -0.3 is 19.2 Å². The summed E-state index contributed by atoms with van der Waals surface area (Å²) in [6, 6.07) is 8.07. The van der Waals surface area contributed by atoms with Crippen LogP contribution in [-0.2, 0) is 14.3 Å². The highest BCUT2D eigenvalue weighted by Crippen LogP contribution is 2.33. The van der Waals surface area contributed by atoms with Crippen molar-refractivity contribution < 1.29 is 28.3 Å². The summed E-state index contributed by atoms with van der Waals surface area (Å²) >= 11 is 1.22. The predicted octanol–water partition coefficient (Wildman–Crippen LogP) is 3.44. The van der Waals surface area contributed by atoms with Crippen molar-refractivity contribution in [1.82, 2.24) is 0 Å². The molecule has 0 bridgehead atoms. The van der Waals surface area contributed by atoms with Gasteiger partial charge in [0.2, 0.25) is 0 Å². The Hall–Kier alpha value is -3.46. The topological polar surface area (TPSA) is 112 Å². The van der Waals surface area contributed by atoms with E-state index in [1.807, 2.05) is 6.92 Å². The van der Waals surface area contributed by atoms with Crippen LogP contribution in [-0.4, -0.2) is 31.1 Å². The van der Waals surface area contributed by atoms with Crippen LogP contribution in [0.3, 0.4) is 0 Å². The molecule has 0 aliphatic carbocycles. The number of hydrogen-bond donors (Lipinski definition) is 1. The number of anilines is 1. The highest BCUT2D eigenvalue weighted by atomic mass is 32.1. The lowest BCUT2D eigenvalue weighted by Crippen LogP contribution is -2.24. The molecule has 2 heterocycles. The minimum absolute atomic E-state index is 0.201. The summed E-state index contributed by atoms with van der Waals surface area (Å²) in [5.41, 5.74) is 0.158. The number of rotatable bonds is 6. The first-order valence-electron chi connectivity index (χ1n) is 9.08. The van der Waals surface area contributed by atoms with Gasteiger partial charge in [-0.15, -0.1) is 11.3 Å². The Bertz CT molecular complexity index is 1190. The van der Waals surface area contributed by atoms with Crippen molar-refractivity contribution in [3.63, 3.8) is 0 Å². The molecule has 30 heavy (non-hydrogen) atoms. The van der Waals surface area contributed by atoms with Crippen molar-refractivity contribution in [3.8, 4) is 0 Å². The summed E-state index contributed by atoms with van der Waals surface area (Å²) in [4.78, 5) is 49.6. The van der Waals surface area contributed by atoms with Crippen LogP contribution in [0.4, 0.5) is 5.00 Å². The molecule has 1 aromatic carbocycles. The zero-order valence-electron chi connectivity index (χ0n) is 16.6. The Morgan fingerprint density at radius 2 is 1.83 bits per heavy atom. The summed E-state index contributed by atoms with van der Waals surface area (Å²) in [5.74, 6) is -2.17. The Balaban J connectivity index is 1.70. The summed E-state index contributed by atoms with van der Waals surface area (Å²) < 4.78 is 15.1. The van der Waals surface area contributed by atoms with Gasteiger partial charge in [-0.2, -0.15) is 0 Å². The first kappa shape index (κ1) is 21.3. The molecule has 0 aliphatic rings. The molecule has 2 aromatic heterocycles. The lowest BCUT2D eigenvalue weighted by atomic mass is 10.1. The molecular weight excluding hydrogens is 410 g/mol. The van der Waals surface area contributed by atoms with Crippen LogP contribution < -0.4 is 10.9 Å². The number of amides is 1. The zero-order chi connectivity index (χ0) is 21.8. The minimum Gasteiger partial charge on any atom is -0.462 e. The molecule has 0 aliphatic heterocycles. The quantitative estimate of drug-likeness (QED) is 0.472. The van der Waals surface area contributed by atoms with Crippen molar-refractivity contribution >= 4 is 45.2 Å². The Morgan fingerprint density at radius 1 is 1.10 bits per heavy atom. The third-order valence-electron chi connectivity index (χ3n) is 4.31. The average Bonchev–Trinajstić information content (AvgIpc) is 2.99. The van der Waals surface area contributed by atoms with Gasteiger partial charge in [-0.05, 0) is 38.5 Å². The monoisotopic (exact) mass is 429 g/mol. The SMILES string of the molecule is CCOC(=O)c1c(NC(=O)COC(=O)c2cc3ccccc3oc2=O)sc(C)c1C. The molecule has 1 amide bonds. The van der Waals surface area contributed by atoms with Crippen LogP contribution in [0.25, 0.3) is 11.0 Å². The Morgan fingerprint density at radius 3 is 2.57 bits per heavy atom. The number of esters is 2. The van der Waals surface area contributed by atoms with Crippen LogP contribution in [0.2, 0.25) is 0 Å². The van der Waals surface area contributed by atoms with Crippen LogP contribution in [0.15, 0.2) is 39.5 Å². The standard InChI is InChI=1S/C21H19NO7S/c1-4-27-21(26)17-11(2)12(3)30-18(17)22-16(23)10-28-19(24)14-9-13-7-5-6-8-15(13)29-20(14)25/h5-9H,4,10H2,1-3H3,(H,22,23). The fraction of sp³-hybridized carbons (Fsp3) is 0.238. The van der Waals surface area contributed by atoms with Crippen LogP contribution in [0.1, 0.15) is 38.1 Å². The van der Waals surface area contributed by atoms with Crippen LogP contribution in [0, 0.1) is 13.8 Å². The second-order valence-corrected chi connectivity index (χ2v) is 7.54. The third-order valence-corrected chi connectivity index (χ3v) is 5.44. The molecule has 8 nitrogen and oxygen atoms in total. The molecule has 0 unspecified atom stereocenters. The second-order valence-electron chi connectivity index (χ2n) is 6.32. The van der Waals surface area contributed by atoms with E-state index in [2.05, 4.69) is 5.32 Å². The molecule has 0 saturated carbocycles. The lowest BCUT2D eigenvalue weighted by molar-refractivity contribution is -0.119. The summed E-state index contributed by atoms with van der Waals surface area (Å²) in [6.45, 7) is 4.83. The lowest BCUT2D eigenvalue weighted by Gasteiger charge is -2.08. The smallest absolute Gasteiger partial charge is 0.351 e. The molecule has 3 rings (SSSR count). The number of nitrogens with one attached hydrogen (secondary N) is 1. The maximum absolute atomic E-state index is 12.3. The van der Waals surface area contributed by atoms with E-state index in [4.69, 9.17) is 13.9 Å². The summed E-state index contributed by atoms with van der Waals surface area (Å²) in [7, 11) is 0. The fourth-order valence-corrected chi connectivity index (χ4v) is 3.80. The van der Waals surface area contributed by atoms with Gasteiger partial charge in [0.05, 0.1) is 12.2 Å². The van der Waals surface area contributed by atoms with E-state index >= 15 is 0 Å². The number of ether oxygens (including phenoxy) is 2. The normalized spacial score (nSPS) is 10.6. The summed E-state index contributed by atoms with van der Waals surface area (Å²) in [5, 5.41) is 3.43. The molecule has 9 heteroatoms. The van der Waals surface area contributed by atoms with Gasteiger partial charge in [0.1, 0.15) is 16.1 Å². The van der Waals surface area contributed by atoms with Gasteiger partial charge in [-0.25, -0.2) is 14.4 Å². The number of carbonyl (C=O) groups excluding carboxylic acids is 3. The van der Waals surface area contributed by atoms with E-state index < -0.39 is 30.1 Å². The fourth-order valence-electron chi connectivity index (χ4n) is 2.74. The van der Waals surface area contributed by atoms with Crippen molar-refractivity contribution in [2.24, 2.45) is 0 Å². The number of hydrogen-bond acceptors (Lipinski definition) is 8. The van der Waals surface area contributed by atoms with Gasteiger partial charge in [0.25, 0.3) is 5.91 Å². The maximum Gasteiger partial charge on any atom is 0.351 e. The van der Waals surface area contributed by atoms with Crippen molar-refractivity contribution in [1.29, 1.82) is 0 Å². The third kappa shape index (κ3) is 4.41. The van der Waals surface area contributed by atoms with Crippen LogP contribution in [0.5, 0.6) is 0 Å². The maximum atomic E-state index is 12.3. The van der Waals surface area contributed by atoms with Crippen molar-refractivity contribution in [2.45, 2.75) is 20.8 Å².